The number of sulfonamides is 1. The van der Waals surface area contributed by atoms with E-state index >= 15 is 0 Å². The molecule has 42 heavy (non-hydrogen) atoms. The normalized spacial score (nSPS) is 20.2. The van der Waals surface area contributed by atoms with Crippen molar-refractivity contribution in [3.05, 3.63) is 72.8 Å². The van der Waals surface area contributed by atoms with Gasteiger partial charge in [-0.2, -0.15) is 0 Å². The van der Waals surface area contributed by atoms with Gasteiger partial charge in [-0.25, -0.2) is 17.9 Å². The summed E-state index contributed by atoms with van der Waals surface area (Å²) in [6.07, 6.45) is -6.92. The molecule has 0 aliphatic carbocycles. The SMILES string of the molecule is CC(C)(C)OC(=O)N1C[C@H](NS(=O)(=O)c2ccc(OC(F)(F)F)cc2)[C@@H](O)[C@@H](n2c3ccccc3c3ccccc32)C1. The van der Waals surface area contributed by atoms with Gasteiger partial charge in [-0.05, 0) is 57.2 Å². The van der Waals surface area contributed by atoms with Crippen molar-refractivity contribution in [3.8, 4) is 5.75 Å². The molecule has 0 bridgehead atoms. The van der Waals surface area contributed by atoms with Gasteiger partial charge >= 0.3 is 12.5 Å². The molecule has 4 aromatic rings. The molecule has 9 nitrogen and oxygen atoms in total. The number of aliphatic hydroxyl groups is 1. The molecule has 0 radical (unpaired) electrons. The highest BCUT2D eigenvalue weighted by atomic mass is 32.2. The van der Waals surface area contributed by atoms with Crippen LogP contribution in [0.4, 0.5) is 18.0 Å². The molecule has 224 valence electrons. The van der Waals surface area contributed by atoms with E-state index in [-0.39, 0.29) is 18.0 Å². The second kappa shape index (κ2) is 10.8. The molecular formula is C29H30F3N3O6S. The molecule has 13 heteroatoms. The van der Waals surface area contributed by atoms with Crippen LogP contribution in [0, 0.1) is 0 Å². The topological polar surface area (TPSA) is 110 Å². The Kier molecular flexibility index (Phi) is 7.62. The highest BCUT2D eigenvalue weighted by Crippen LogP contribution is 2.36. The van der Waals surface area contributed by atoms with Crippen LogP contribution in [0.3, 0.4) is 0 Å². The van der Waals surface area contributed by atoms with Crippen molar-refractivity contribution < 1.29 is 41.0 Å². The first kappa shape index (κ1) is 29.7. The first-order chi connectivity index (χ1) is 19.6. The number of nitrogens with one attached hydrogen (secondary N) is 1. The zero-order chi connectivity index (χ0) is 30.4. The lowest BCUT2D eigenvalue weighted by molar-refractivity contribution is -0.274. The first-order valence-electron chi connectivity index (χ1n) is 13.1. The molecule has 1 aliphatic rings. The van der Waals surface area contributed by atoms with Crippen molar-refractivity contribution in [2.75, 3.05) is 13.1 Å². The molecule has 5 rings (SSSR count). The maximum Gasteiger partial charge on any atom is 0.573 e. The van der Waals surface area contributed by atoms with E-state index in [1.54, 1.807) is 20.8 Å². The molecule has 0 saturated carbocycles. The third kappa shape index (κ3) is 6.18. The van der Waals surface area contributed by atoms with Crippen molar-refractivity contribution in [3.63, 3.8) is 0 Å². The Balaban J connectivity index is 1.52. The highest BCUT2D eigenvalue weighted by molar-refractivity contribution is 7.89. The quantitative estimate of drug-likeness (QED) is 0.324. The Hall–Kier alpha value is -3.81. The molecule has 0 unspecified atom stereocenters. The molecule has 1 aromatic heterocycles. The number of hydrogen-bond donors (Lipinski definition) is 2. The number of carbonyl (C=O) groups is 1. The van der Waals surface area contributed by atoms with Gasteiger partial charge in [-0.15, -0.1) is 13.2 Å². The van der Waals surface area contributed by atoms with E-state index in [9.17, 15) is 31.5 Å². The summed E-state index contributed by atoms with van der Waals surface area (Å²) >= 11 is 0. The largest absolute Gasteiger partial charge is 0.573 e. The molecule has 1 aliphatic heterocycles. The lowest BCUT2D eigenvalue weighted by Crippen LogP contribution is -2.60. The van der Waals surface area contributed by atoms with E-state index in [0.29, 0.717) is 0 Å². The number of aliphatic hydroxyl groups excluding tert-OH is 1. The number of fused-ring (bicyclic) bond motifs is 3. The van der Waals surface area contributed by atoms with E-state index in [0.717, 1.165) is 46.1 Å². The number of likely N-dealkylation sites (tertiary alicyclic amines) is 1. The molecule has 1 fully saturated rings. The van der Waals surface area contributed by atoms with Crippen LogP contribution in [0.15, 0.2) is 77.7 Å². The maximum atomic E-state index is 13.3. The minimum Gasteiger partial charge on any atom is -0.444 e. The van der Waals surface area contributed by atoms with Crippen LogP contribution in [0.1, 0.15) is 26.8 Å². The van der Waals surface area contributed by atoms with Crippen LogP contribution in [-0.2, 0) is 14.8 Å². The van der Waals surface area contributed by atoms with Gasteiger partial charge < -0.3 is 24.0 Å². The van der Waals surface area contributed by atoms with Crippen molar-refractivity contribution in [2.45, 2.75) is 55.8 Å². The molecular weight excluding hydrogens is 575 g/mol. The lowest BCUT2D eigenvalue weighted by atomic mass is 9.97. The Labute approximate surface area is 240 Å². The number of benzene rings is 3. The smallest absolute Gasteiger partial charge is 0.444 e. The van der Waals surface area contributed by atoms with Crippen LogP contribution in [0.25, 0.3) is 21.8 Å². The van der Waals surface area contributed by atoms with Gasteiger partial charge in [0.2, 0.25) is 10.0 Å². The highest BCUT2D eigenvalue weighted by Gasteiger charge is 2.42. The van der Waals surface area contributed by atoms with E-state index < -0.39 is 52.0 Å². The van der Waals surface area contributed by atoms with Gasteiger partial charge in [0.15, 0.2) is 0 Å². The van der Waals surface area contributed by atoms with Gasteiger partial charge in [0.1, 0.15) is 11.4 Å². The van der Waals surface area contributed by atoms with Crippen LogP contribution < -0.4 is 9.46 Å². The number of alkyl halides is 3. The van der Waals surface area contributed by atoms with Crippen molar-refractivity contribution >= 4 is 37.9 Å². The summed E-state index contributed by atoms with van der Waals surface area (Å²) in [5.74, 6) is -0.582. The van der Waals surface area contributed by atoms with Crippen LogP contribution >= 0.6 is 0 Å². The first-order valence-corrected chi connectivity index (χ1v) is 14.6. The maximum absolute atomic E-state index is 13.3. The average molecular weight is 606 g/mol. The Morgan fingerprint density at radius 2 is 1.45 bits per heavy atom. The van der Waals surface area contributed by atoms with Crippen LogP contribution in [0.5, 0.6) is 5.75 Å². The summed E-state index contributed by atoms with van der Waals surface area (Å²) in [5.41, 5.74) is 0.747. The van der Waals surface area contributed by atoms with Crippen molar-refractivity contribution in [1.82, 2.24) is 14.2 Å². The number of amides is 1. The number of carbonyl (C=O) groups excluding carboxylic acids is 1. The Bertz CT molecular complexity index is 1660. The molecule has 2 N–H and O–H groups in total. The lowest BCUT2D eigenvalue weighted by Gasteiger charge is -2.42. The number of ether oxygens (including phenoxy) is 2. The summed E-state index contributed by atoms with van der Waals surface area (Å²) in [4.78, 5) is 14.2. The zero-order valence-electron chi connectivity index (χ0n) is 23.0. The summed E-state index contributed by atoms with van der Waals surface area (Å²) < 4.78 is 78.1. The minimum absolute atomic E-state index is 0.0282. The van der Waals surface area contributed by atoms with Crippen LogP contribution in [-0.4, -0.2) is 66.3 Å². The van der Waals surface area contributed by atoms with Gasteiger partial charge in [-0.3, -0.25) is 0 Å². The van der Waals surface area contributed by atoms with Crippen molar-refractivity contribution in [2.24, 2.45) is 0 Å². The molecule has 1 amide bonds. The van der Waals surface area contributed by atoms with Gasteiger partial charge in [0, 0.05) is 34.9 Å². The fraction of sp³-hybridized carbons (Fsp3) is 0.345. The number of para-hydroxylation sites is 2. The number of aromatic nitrogens is 1. The predicted molar refractivity (Wildman–Crippen MR) is 150 cm³/mol. The number of hydrogen-bond acceptors (Lipinski definition) is 6. The van der Waals surface area contributed by atoms with E-state index in [2.05, 4.69) is 9.46 Å². The van der Waals surface area contributed by atoms with E-state index in [1.165, 1.54) is 4.90 Å². The molecule has 0 spiro atoms. The number of nitrogens with zero attached hydrogens (tertiary/aromatic N) is 2. The Morgan fingerprint density at radius 1 is 0.905 bits per heavy atom. The van der Waals surface area contributed by atoms with Gasteiger partial charge in [-0.1, -0.05) is 36.4 Å². The van der Waals surface area contributed by atoms with Crippen LogP contribution in [0.2, 0.25) is 0 Å². The molecule has 1 saturated heterocycles. The second-order valence-electron chi connectivity index (χ2n) is 11.1. The monoisotopic (exact) mass is 605 g/mol. The Morgan fingerprint density at radius 3 is 1.98 bits per heavy atom. The fourth-order valence-corrected chi connectivity index (χ4v) is 6.48. The van der Waals surface area contributed by atoms with Gasteiger partial charge in [0.25, 0.3) is 0 Å². The number of rotatable bonds is 5. The third-order valence-corrected chi connectivity index (χ3v) is 8.41. The molecule has 3 aromatic carbocycles. The summed E-state index contributed by atoms with van der Waals surface area (Å²) in [6.45, 7) is 4.94. The second-order valence-corrected chi connectivity index (χ2v) is 12.8. The summed E-state index contributed by atoms with van der Waals surface area (Å²) in [5, 5.41) is 13.5. The molecule has 3 atom stereocenters. The summed E-state index contributed by atoms with van der Waals surface area (Å²) in [6, 6.07) is 16.9. The van der Waals surface area contributed by atoms with Crippen molar-refractivity contribution in [1.29, 1.82) is 0 Å². The summed E-state index contributed by atoms with van der Waals surface area (Å²) in [7, 11) is -4.35. The van der Waals surface area contributed by atoms with E-state index in [4.69, 9.17) is 4.74 Å². The average Bonchev–Trinajstić information content (AvgIpc) is 3.22. The van der Waals surface area contributed by atoms with E-state index in [1.807, 2.05) is 53.1 Å². The number of piperidine rings is 1. The molecule has 2 heterocycles. The zero-order valence-corrected chi connectivity index (χ0v) is 23.8. The standard InChI is InChI=1S/C29H30F3N3O6S/c1-28(2,3)41-27(37)34-16-22(33-42(38,39)19-14-12-18(13-15-19)40-29(30,31)32)26(36)25(17-34)35-23-10-6-4-8-20(23)21-9-5-7-11-24(21)35/h4-15,22,25-26,33,36H,16-17H2,1-3H3/t22-,25-,26+/m0/s1. The predicted octanol–water partition coefficient (Wildman–Crippen LogP) is 5.19. The third-order valence-electron chi connectivity index (χ3n) is 6.91. The number of halogens is 3. The minimum atomic E-state index is -4.93. The van der Waals surface area contributed by atoms with Gasteiger partial charge in [0.05, 0.1) is 23.1 Å². The fourth-order valence-electron chi connectivity index (χ4n) is 5.24.